The molecular formula is C19H26N2. The zero-order chi connectivity index (χ0) is 14.9. The first-order valence-electron chi connectivity index (χ1n) is 7.85. The van der Waals surface area contributed by atoms with Crippen LogP contribution in [-0.4, -0.2) is 20.1 Å². The third-order valence-corrected chi connectivity index (χ3v) is 3.87. The monoisotopic (exact) mass is 282 g/mol. The largest absolute Gasteiger partial charge is 0.375 e. The predicted octanol–water partition coefficient (Wildman–Crippen LogP) is 4.25. The maximum absolute atomic E-state index is 3.67. The molecule has 1 unspecified atom stereocenters. The van der Waals surface area contributed by atoms with Gasteiger partial charge < -0.3 is 10.2 Å². The molecule has 1 atom stereocenters. The molecule has 2 nitrogen and oxygen atoms in total. The van der Waals surface area contributed by atoms with Crippen molar-refractivity contribution in [1.29, 1.82) is 0 Å². The molecule has 2 heteroatoms. The molecule has 0 aliphatic carbocycles. The van der Waals surface area contributed by atoms with Gasteiger partial charge in [0.1, 0.15) is 0 Å². The molecule has 0 heterocycles. The maximum Gasteiger partial charge on any atom is 0.0363 e. The molecule has 0 aromatic heterocycles. The van der Waals surface area contributed by atoms with Crippen molar-refractivity contribution in [2.24, 2.45) is 0 Å². The minimum absolute atomic E-state index is 0.466. The molecule has 0 aliphatic heterocycles. The Morgan fingerprint density at radius 2 is 1.57 bits per heavy atom. The molecule has 0 amide bonds. The quantitative estimate of drug-likeness (QED) is 0.728. The van der Waals surface area contributed by atoms with Gasteiger partial charge in [-0.25, -0.2) is 0 Å². The van der Waals surface area contributed by atoms with E-state index in [4.69, 9.17) is 0 Å². The smallest absolute Gasteiger partial charge is 0.0363 e. The van der Waals surface area contributed by atoms with Crippen molar-refractivity contribution < 1.29 is 0 Å². The summed E-state index contributed by atoms with van der Waals surface area (Å²) in [6.45, 7) is 4.35. The van der Waals surface area contributed by atoms with E-state index in [2.05, 4.69) is 84.9 Å². The van der Waals surface area contributed by atoms with Gasteiger partial charge in [0.25, 0.3) is 0 Å². The number of anilines is 1. The Kier molecular flexibility index (Phi) is 6.29. The summed E-state index contributed by atoms with van der Waals surface area (Å²) in [6.07, 6.45) is 2.27. The molecule has 2 rings (SSSR count). The molecule has 2 aromatic rings. The van der Waals surface area contributed by atoms with Crippen molar-refractivity contribution in [3.8, 4) is 0 Å². The Morgan fingerprint density at radius 1 is 0.952 bits per heavy atom. The van der Waals surface area contributed by atoms with Crippen LogP contribution in [0.5, 0.6) is 0 Å². The number of benzene rings is 2. The first-order chi connectivity index (χ1) is 10.3. The van der Waals surface area contributed by atoms with Gasteiger partial charge in [0, 0.05) is 25.3 Å². The van der Waals surface area contributed by atoms with Crippen LogP contribution in [0.4, 0.5) is 5.69 Å². The van der Waals surface area contributed by atoms with Gasteiger partial charge in [-0.1, -0.05) is 55.5 Å². The van der Waals surface area contributed by atoms with Crippen molar-refractivity contribution in [2.75, 3.05) is 25.0 Å². The van der Waals surface area contributed by atoms with E-state index in [0.29, 0.717) is 6.04 Å². The second kappa shape index (κ2) is 8.48. The highest BCUT2D eigenvalue weighted by Gasteiger charge is 2.07. The highest BCUT2D eigenvalue weighted by atomic mass is 15.1. The second-order valence-electron chi connectivity index (χ2n) is 5.44. The van der Waals surface area contributed by atoms with E-state index in [1.165, 1.54) is 11.3 Å². The van der Waals surface area contributed by atoms with Gasteiger partial charge in [0.15, 0.2) is 0 Å². The van der Waals surface area contributed by atoms with Crippen LogP contribution in [-0.2, 0) is 0 Å². The van der Waals surface area contributed by atoms with Crippen molar-refractivity contribution in [1.82, 2.24) is 5.32 Å². The highest BCUT2D eigenvalue weighted by Crippen LogP contribution is 2.16. The van der Waals surface area contributed by atoms with Crippen molar-refractivity contribution in [3.05, 3.63) is 66.2 Å². The fraction of sp³-hybridized carbons (Fsp3) is 0.368. The SMILES string of the molecule is CCC(NCCCN(C)c1ccccc1)c1ccccc1. The van der Waals surface area contributed by atoms with Crippen molar-refractivity contribution in [2.45, 2.75) is 25.8 Å². The van der Waals surface area contributed by atoms with E-state index in [1.807, 2.05) is 0 Å². The number of rotatable bonds is 8. The lowest BCUT2D eigenvalue weighted by atomic mass is 10.0. The maximum atomic E-state index is 3.67. The van der Waals surface area contributed by atoms with E-state index in [-0.39, 0.29) is 0 Å². The Balaban J connectivity index is 1.74. The molecule has 0 bridgehead atoms. The lowest BCUT2D eigenvalue weighted by Gasteiger charge is -2.21. The van der Waals surface area contributed by atoms with E-state index in [0.717, 1.165) is 25.9 Å². The molecule has 1 N–H and O–H groups in total. The van der Waals surface area contributed by atoms with Crippen LogP contribution in [0.3, 0.4) is 0 Å². The van der Waals surface area contributed by atoms with E-state index in [9.17, 15) is 0 Å². The third kappa shape index (κ3) is 4.91. The molecule has 0 saturated heterocycles. The molecule has 0 aliphatic rings. The molecule has 21 heavy (non-hydrogen) atoms. The van der Waals surface area contributed by atoms with E-state index < -0.39 is 0 Å². The van der Waals surface area contributed by atoms with Gasteiger partial charge in [0.2, 0.25) is 0 Å². The van der Waals surface area contributed by atoms with Gasteiger partial charge in [-0.15, -0.1) is 0 Å². The Labute approximate surface area is 128 Å². The van der Waals surface area contributed by atoms with E-state index in [1.54, 1.807) is 0 Å². The van der Waals surface area contributed by atoms with Crippen molar-refractivity contribution >= 4 is 5.69 Å². The van der Waals surface area contributed by atoms with Crippen LogP contribution in [0.15, 0.2) is 60.7 Å². The molecular weight excluding hydrogens is 256 g/mol. The summed E-state index contributed by atoms with van der Waals surface area (Å²) in [4.78, 5) is 2.31. The molecule has 0 fully saturated rings. The van der Waals surface area contributed by atoms with Crippen LogP contribution >= 0.6 is 0 Å². The van der Waals surface area contributed by atoms with Crippen LogP contribution in [0.2, 0.25) is 0 Å². The number of hydrogen-bond acceptors (Lipinski definition) is 2. The average molecular weight is 282 g/mol. The Hall–Kier alpha value is -1.80. The topological polar surface area (TPSA) is 15.3 Å². The zero-order valence-electron chi connectivity index (χ0n) is 13.1. The summed E-state index contributed by atoms with van der Waals surface area (Å²) in [5.41, 5.74) is 2.67. The van der Waals surface area contributed by atoms with Crippen LogP contribution in [0, 0.1) is 0 Å². The summed E-state index contributed by atoms with van der Waals surface area (Å²) in [7, 11) is 2.16. The number of para-hydroxylation sites is 1. The predicted molar refractivity (Wildman–Crippen MR) is 91.8 cm³/mol. The van der Waals surface area contributed by atoms with Gasteiger partial charge in [-0.3, -0.25) is 0 Å². The Morgan fingerprint density at radius 3 is 2.19 bits per heavy atom. The van der Waals surface area contributed by atoms with Crippen molar-refractivity contribution in [3.63, 3.8) is 0 Å². The first kappa shape index (κ1) is 15.6. The molecule has 112 valence electrons. The lowest BCUT2D eigenvalue weighted by Crippen LogP contribution is -2.26. The minimum Gasteiger partial charge on any atom is -0.375 e. The lowest BCUT2D eigenvalue weighted by molar-refractivity contribution is 0.511. The highest BCUT2D eigenvalue weighted by molar-refractivity contribution is 5.44. The third-order valence-electron chi connectivity index (χ3n) is 3.87. The molecule has 0 spiro atoms. The summed E-state index contributed by atoms with van der Waals surface area (Å²) in [5.74, 6) is 0. The van der Waals surface area contributed by atoms with Gasteiger partial charge in [-0.05, 0) is 37.1 Å². The summed E-state index contributed by atoms with van der Waals surface area (Å²) in [6, 6.07) is 21.7. The zero-order valence-corrected chi connectivity index (χ0v) is 13.1. The fourth-order valence-corrected chi connectivity index (χ4v) is 2.59. The Bertz CT molecular complexity index is 495. The normalized spacial score (nSPS) is 12.1. The first-order valence-corrected chi connectivity index (χ1v) is 7.85. The standard InChI is InChI=1S/C19H26N2/c1-3-19(17-11-6-4-7-12-17)20-15-10-16-21(2)18-13-8-5-9-14-18/h4-9,11-14,19-20H,3,10,15-16H2,1-2H3. The summed E-state index contributed by atoms with van der Waals surface area (Å²) in [5, 5.41) is 3.67. The molecule has 0 radical (unpaired) electrons. The van der Waals surface area contributed by atoms with Gasteiger partial charge in [0.05, 0.1) is 0 Å². The average Bonchev–Trinajstić information content (AvgIpc) is 2.56. The van der Waals surface area contributed by atoms with Crippen LogP contribution in [0.1, 0.15) is 31.4 Å². The molecule has 0 saturated carbocycles. The van der Waals surface area contributed by atoms with Crippen LogP contribution in [0.25, 0.3) is 0 Å². The summed E-state index contributed by atoms with van der Waals surface area (Å²) >= 11 is 0. The van der Waals surface area contributed by atoms with Gasteiger partial charge in [-0.2, -0.15) is 0 Å². The van der Waals surface area contributed by atoms with Crippen LogP contribution < -0.4 is 10.2 Å². The van der Waals surface area contributed by atoms with Gasteiger partial charge >= 0.3 is 0 Å². The fourth-order valence-electron chi connectivity index (χ4n) is 2.59. The van der Waals surface area contributed by atoms with E-state index >= 15 is 0 Å². The second-order valence-corrected chi connectivity index (χ2v) is 5.44. The number of nitrogens with one attached hydrogen (secondary N) is 1. The number of hydrogen-bond donors (Lipinski definition) is 1. The number of nitrogens with zero attached hydrogens (tertiary/aromatic N) is 1. The minimum atomic E-state index is 0.466. The summed E-state index contributed by atoms with van der Waals surface area (Å²) < 4.78 is 0. The molecule has 2 aromatic carbocycles.